The molecule has 1 aromatic rings. The fraction of sp³-hybridized carbons (Fsp3) is 0.556. The van der Waals surface area contributed by atoms with Crippen LogP contribution in [0.3, 0.4) is 0 Å². The van der Waals surface area contributed by atoms with E-state index in [9.17, 15) is 0 Å². The van der Waals surface area contributed by atoms with E-state index >= 15 is 0 Å². The highest BCUT2D eigenvalue weighted by Crippen LogP contribution is 2.21. The highest BCUT2D eigenvalue weighted by atomic mass is 15.2. The summed E-state index contributed by atoms with van der Waals surface area (Å²) in [7, 11) is 2.16. The van der Waals surface area contributed by atoms with E-state index in [1.807, 2.05) is 0 Å². The van der Waals surface area contributed by atoms with Crippen molar-refractivity contribution >= 4 is 0 Å². The van der Waals surface area contributed by atoms with Crippen LogP contribution in [0.5, 0.6) is 0 Å². The topological polar surface area (TPSA) is 3.24 Å². The Balaban J connectivity index is 2.86. The lowest BCUT2D eigenvalue weighted by atomic mass is 9.92. The predicted molar refractivity (Wildman–Crippen MR) is 83.8 cm³/mol. The van der Waals surface area contributed by atoms with E-state index in [0.717, 1.165) is 13.0 Å². The fourth-order valence-electron chi connectivity index (χ4n) is 1.81. The fourth-order valence-corrected chi connectivity index (χ4v) is 1.81. The van der Waals surface area contributed by atoms with E-state index in [1.165, 1.54) is 5.56 Å². The summed E-state index contributed by atoms with van der Waals surface area (Å²) < 4.78 is 0. The lowest BCUT2D eigenvalue weighted by Crippen LogP contribution is -2.41. The molecule has 19 heavy (non-hydrogen) atoms. The zero-order valence-corrected chi connectivity index (χ0v) is 13.2. The third-order valence-corrected chi connectivity index (χ3v) is 3.50. The molecule has 0 aliphatic rings. The van der Waals surface area contributed by atoms with Gasteiger partial charge in [-0.25, -0.2) is 0 Å². The van der Waals surface area contributed by atoms with Gasteiger partial charge in [-0.15, -0.1) is 0 Å². The number of nitrogens with zero attached hydrogens (tertiary/aromatic N) is 1. The van der Waals surface area contributed by atoms with Crippen molar-refractivity contribution in [1.82, 2.24) is 4.90 Å². The Bertz CT molecular complexity index is 444. The second-order valence-electron chi connectivity index (χ2n) is 6.47. The Kier molecular flexibility index (Phi) is 5.20. The maximum absolute atomic E-state index is 3.48. The van der Waals surface area contributed by atoms with Gasteiger partial charge < -0.3 is 0 Å². The molecule has 1 unspecified atom stereocenters. The van der Waals surface area contributed by atoms with Crippen LogP contribution in [0.2, 0.25) is 0 Å². The van der Waals surface area contributed by atoms with Crippen molar-refractivity contribution in [3.8, 4) is 11.8 Å². The van der Waals surface area contributed by atoms with Gasteiger partial charge >= 0.3 is 0 Å². The Hall–Kier alpha value is -1.26. The summed E-state index contributed by atoms with van der Waals surface area (Å²) in [6.45, 7) is 11.9. The van der Waals surface area contributed by atoms with Gasteiger partial charge in [-0.1, -0.05) is 49.1 Å². The summed E-state index contributed by atoms with van der Waals surface area (Å²) in [6.07, 6.45) is 1.03. The molecule has 0 bridgehead atoms. The summed E-state index contributed by atoms with van der Waals surface area (Å²) in [4.78, 5) is 2.35. The Morgan fingerprint density at radius 3 is 2.05 bits per heavy atom. The molecule has 0 radical (unpaired) electrons. The smallest absolute Gasteiger partial charge is 0.0795 e. The van der Waals surface area contributed by atoms with Crippen LogP contribution in [0.1, 0.15) is 46.6 Å². The van der Waals surface area contributed by atoms with Crippen molar-refractivity contribution in [3.05, 3.63) is 35.9 Å². The zero-order chi connectivity index (χ0) is 14.5. The summed E-state index contributed by atoms with van der Waals surface area (Å²) >= 11 is 0. The molecule has 0 spiro atoms. The summed E-state index contributed by atoms with van der Waals surface area (Å²) in [5.41, 5.74) is 1.33. The van der Waals surface area contributed by atoms with E-state index in [1.54, 1.807) is 0 Å². The van der Waals surface area contributed by atoms with Crippen LogP contribution in [-0.4, -0.2) is 17.5 Å². The molecule has 1 aromatic carbocycles. The van der Waals surface area contributed by atoms with Crippen LogP contribution < -0.4 is 0 Å². The van der Waals surface area contributed by atoms with Crippen molar-refractivity contribution in [3.63, 3.8) is 0 Å². The van der Waals surface area contributed by atoms with E-state index in [2.05, 4.69) is 88.7 Å². The Morgan fingerprint density at radius 2 is 1.58 bits per heavy atom. The first-order chi connectivity index (χ1) is 8.77. The first-order valence-electron chi connectivity index (χ1n) is 7.06. The SMILES string of the molecule is CCC(C)(C#CC(C)(C)C)N(C)Cc1ccccc1. The van der Waals surface area contributed by atoms with Crippen molar-refractivity contribution in [1.29, 1.82) is 0 Å². The van der Waals surface area contributed by atoms with Crippen LogP contribution in [-0.2, 0) is 6.54 Å². The largest absolute Gasteiger partial charge is 0.286 e. The van der Waals surface area contributed by atoms with Crippen LogP contribution in [0.4, 0.5) is 0 Å². The minimum absolute atomic E-state index is 0.0595. The average Bonchev–Trinajstić information content (AvgIpc) is 2.36. The van der Waals surface area contributed by atoms with Gasteiger partial charge in [0.1, 0.15) is 0 Å². The lowest BCUT2D eigenvalue weighted by molar-refractivity contribution is 0.181. The molecular weight excluding hydrogens is 230 g/mol. The lowest BCUT2D eigenvalue weighted by Gasteiger charge is -2.34. The summed E-state index contributed by atoms with van der Waals surface area (Å²) in [5, 5.41) is 0. The molecule has 1 rings (SSSR count). The molecule has 0 heterocycles. The molecule has 0 aliphatic carbocycles. The second-order valence-corrected chi connectivity index (χ2v) is 6.47. The summed E-state index contributed by atoms with van der Waals surface area (Å²) in [6, 6.07) is 10.6. The van der Waals surface area contributed by atoms with Crippen molar-refractivity contribution in [2.45, 2.75) is 53.1 Å². The zero-order valence-electron chi connectivity index (χ0n) is 13.2. The van der Waals surface area contributed by atoms with Gasteiger partial charge in [-0.3, -0.25) is 4.90 Å². The molecule has 0 amide bonds. The van der Waals surface area contributed by atoms with Gasteiger partial charge in [0, 0.05) is 12.0 Å². The van der Waals surface area contributed by atoms with Crippen LogP contribution in [0.25, 0.3) is 0 Å². The normalized spacial score (nSPS) is 14.7. The van der Waals surface area contributed by atoms with Crippen molar-refractivity contribution in [2.24, 2.45) is 5.41 Å². The number of benzene rings is 1. The number of hydrogen-bond donors (Lipinski definition) is 0. The van der Waals surface area contributed by atoms with Crippen molar-refractivity contribution in [2.75, 3.05) is 7.05 Å². The predicted octanol–water partition coefficient (Wildman–Crippen LogP) is 4.34. The molecule has 0 fully saturated rings. The minimum Gasteiger partial charge on any atom is -0.286 e. The quantitative estimate of drug-likeness (QED) is 0.725. The maximum Gasteiger partial charge on any atom is 0.0795 e. The van der Waals surface area contributed by atoms with E-state index in [4.69, 9.17) is 0 Å². The standard InChI is InChI=1S/C18H27N/c1-7-18(5,14-13-17(2,3)4)19(6)15-16-11-9-8-10-12-16/h8-12H,7,15H2,1-6H3. The van der Waals surface area contributed by atoms with E-state index < -0.39 is 0 Å². The molecule has 0 N–H and O–H groups in total. The summed E-state index contributed by atoms with van der Waals surface area (Å²) in [5.74, 6) is 6.87. The molecule has 104 valence electrons. The number of hydrogen-bond acceptors (Lipinski definition) is 1. The highest BCUT2D eigenvalue weighted by molar-refractivity contribution is 5.21. The molecule has 0 saturated carbocycles. The number of rotatable bonds is 4. The monoisotopic (exact) mass is 257 g/mol. The first kappa shape index (κ1) is 15.8. The molecule has 0 aromatic heterocycles. The van der Waals surface area contributed by atoms with Gasteiger partial charge in [-0.05, 0) is 46.7 Å². The maximum atomic E-state index is 3.48. The highest BCUT2D eigenvalue weighted by Gasteiger charge is 2.25. The van der Waals surface area contributed by atoms with Crippen LogP contribution >= 0.6 is 0 Å². The van der Waals surface area contributed by atoms with Crippen molar-refractivity contribution < 1.29 is 0 Å². The average molecular weight is 257 g/mol. The van der Waals surface area contributed by atoms with E-state index in [-0.39, 0.29) is 11.0 Å². The molecule has 1 nitrogen and oxygen atoms in total. The third-order valence-electron chi connectivity index (χ3n) is 3.50. The Morgan fingerprint density at radius 1 is 1.00 bits per heavy atom. The van der Waals surface area contributed by atoms with Crippen LogP contribution in [0.15, 0.2) is 30.3 Å². The van der Waals surface area contributed by atoms with Gasteiger partial charge in [0.15, 0.2) is 0 Å². The minimum atomic E-state index is -0.0663. The molecule has 1 heteroatoms. The van der Waals surface area contributed by atoms with E-state index in [0.29, 0.717) is 0 Å². The molecule has 1 atom stereocenters. The third kappa shape index (κ3) is 5.09. The van der Waals surface area contributed by atoms with Gasteiger partial charge in [0.2, 0.25) is 0 Å². The molecule has 0 aliphatic heterocycles. The van der Waals surface area contributed by atoms with Gasteiger partial charge in [0.25, 0.3) is 0 Å². The second kappa shape index (κ2) is 6.26. The van der Waals surface area contributed by atoms with Gasteiger partial charge in [0.05, 0.1) is 5.54 Å². The van der Waals surface area contributed by atoms with Gasteiger partial charge in [-0.2, -0.15) is 0 Å². The molecular formula is C18H27N. The first-order valence-corrected chi connectivity index (χ1v) is 7.06. The van der Waals surface area contributed by atoms with Crippen LogP contribution in [0, 0.1) is 17.3 Å². The molecule has 0 saturated heterocycles. The Labute approximate surface area is 119 Å².